The Bertz CT molecular complexity index is 567. The zero-order chi connectivity index (χ0) is 14.3. The molecule has 0 radical (unpaired) electrons. The van der Waals surface area contributed by atoms with Gasteiger partial charge in [0.15, 0.2) is 0 Å². The molecular formula is C12H19N5OS. The Labute approximate surface area is 116 Å². The Morgan fingerprint density at radius 3 is 2.32 bits per heavy atom. The van der Waals surface area contributed by atoms with E-state index in [1.807, 2.05) is 13.8 Å². The maximum Gasteiger partial charge on any atom is 0.311 e. The zero-order valence-electron chi connectivity index (χ0n) is 11.9. The molecule has 0 saturated carbocycles. The Balaban J connectivity index is 2.18. The third-order valence-corrected chi connectivity index (χ3v) is 4.00. The molecule has 6 nitrogen and oxygen atoms in total. The first kappa shape index (κ1) is 13.9. The van der Waals surface area contributed by atoms with Gasteiger partial charge in [-0.25, -0.2) is 4.98 Å². The second kappa shape index (κ2) is 4.56. The summed E-state index contributed by atoms with van der Waals surface area (Å²) in [6.07, 6.45) is 0.647. The van der Waals surface area contributed by atoms with Gasteiger partial charge >= 0.3 is 6.01 Å². The number of hydrogen-bond donors (Lipinski definition) is 2. The summed E-state index contributed by atoms with van der Waals surface area (Å²) in [6, 6.07) is -0.162. The zero-order valence-corrected chi connectivity index (χ0v) is 12.7. The highest BCUT2D eigenvalue weighted by molar-refractivity contribution is 7.05. The average molecular weight is 281 g/mol. The van der Waals surface area contributed by atoms with Gasteiger partial charge in [0.05, 0.1) is 0 Å². The third kappa shape index (κ3) is 3.09. The lowest BCUT2D eigenvalue weighted by Gasteiger charge is -2.19. The second-order valence-corrected chi connectivity index (χ2v) is 7.08. The molecule has 0 bridgehead atoms. The molecule has 2 aromatic rings. The molecule has 19 heavy (non-hydrogen) atoms. The van der Waals surface area contributed by atoms with Crippen molar-refractivity contribution in [1.82, 2.24) is 24.5 Å². The number of rotatable bonds is 3. The van der Waals surface area contributed by atoms with Crippen molar-refractivity contribution in [2.75, 3.05) is 0 Å². The minimum atomic E-state index is -0.301. The van der Waals surface area contributed by atoms with Gasteiger partial charge in [0.25, 0.3) is 0 Å². The quantitative estimate of drug-likeness (QED) is 0.900. The molecule has 0 aromatic carbocycles. The van der Waals surface area contributed by atoms with Crippen LogP contribution in [0.2, 0.25) is 0 Å². The number of hydrogen-bond acceptors (Lipinski definition) is 6. The van der Waals surface area contributed by atoms with Crippen LogP contribution in [0.4, 0.5) is 0 Å². The fraction of sp³-hybridized carbons (Fsp3) is 0.667. The summed E-state index contributed by atoms with van der Waals surface area (Å²) >= 11 is 1.44. The molecular weight excluding hydrogens is 262 g/mol. The summed E-state index contributed by atoms with van der Waals surface area (Å²) in [4.78, 5) is 7.34. The molecule has 0 aliphatic rings. The number of aromatic hydroxyl groups is 1. The van der Waals surface area contributed by atoms with Gasteiger partial charge in [0.1, 0.15) is 16.7 Å². The summed E-state index contributed by atoms with van der Waals surface area (Å²) in [6.45, 7) is 10.4. The van der Waals surface area contributed by atoms with Crippen LogP contribution in [0.1, 0.15) is 51.3 Å². The van der Waals surface area contributed by atoms with Crippen molar-refractivity contribution in [3.8, 4) is 6.01 Å². The smallest absolute Gasteiger partial charge is 0.311 e. The van der Waals surface area contributed by atoms with E-state index >= 15 is 0 Å². The average Bonchev–Trinajstić information content (AvgIpc) is 2.85. The van der Waals surface area contributed by atoms with E-state index in [0.717, 1.165) is 10.8 Å². The number of nitrogens with zero attached hydrogens (tertiary/aromatic N) is 4. The van der Waals surface area contributed by atoms with Crippen LogP contribution in [0.3, 0.4) is 0 Å². The van der Waals surface area contributed by atoms with Gasteiger partial charge in [-0.15, -0.1) is 5.10 Å². The molecule has 0 aliphatic heterocycles. The maximum atomic E-state index is 9.23. The van der Waals surface area contributed by atoms with E-state index in [0.29, 0.717) is 12.2 Å². The molecule has 2 aromatic heterocycles. The second-order valence-electron chi connectivity index (χ2n) is 6.32. The largest absolute Gasteiger partial charge is 0.479 e. The molecule has 0 fully saturated rings. The highest BCUT2D eigenvalue weighted by Gasteiger charge is 2.28. The Kier molecular flexibility index (Phi) is 3.34. The van der Waals surface area contributed by atoms with Crippen LogP contribution in [0.25, 0.3) is 0 Å². The minimum absolute atomic E-state index is 0.0184. The van der Waals surface area contributed by atoms with E-state index in [1.165, 1.54) is 11.5 Å². The van der Waals surface area contributed by atoms with Crippen molar-refractivity contribution < 1.29 is 5.11 Å². The minimum Gasteiger partial charge on any atom is -0.479 e. The van der Waals surface area contributed by atoms with E-state index < -0.39 is 0 Å². The summed E-state index contributed by atoms with van der Waals surface area (Å²) in [5.41, 5.74) is -0.283. The van der Waals surface area contributed by atoms with Crippen molar-refractivity contribution in [2.45, 2.75) is 51.9 Å². The fourth-order valence-electron chi connectivity index (χ4n) is 1.67. The Morgan fingerprint density at radius 1 is 1.16 bits per heavy atom. The molecule has 0 atom stereocenters. The lowest BCUT2D eigenvalue weighted by atomic mass is 9.88. The lowest BCUT2D eigenvalue weighted by Crippen LogP contribution is -2.23. The van der Waals surface area contributed by atoms with Crippen molar-refractivity contribution >= 4 is 11.5 Å². The summed E-state index contributed by atoms with van der Waals surface area (Å²) in [7, 11) is 0. The van der Waals surface area contributed by atoms with E-state index in [9.17, 15) is 5.11 Å². The van der Waals surface area contributed by atoms with E-state index in [1.54, 1.807) is 0 Å². The molecule has 2 heterocycles. The van der Waals surface area contributed by atoms with Crippen LogP contribution in [-0.2, 0) is 17.3 Å². The predicted octanol–water partition coefficient (Wildman–Crippen LogP) is 2.18. The first-order valence-electron chi connectivity index (χ1n) is 6.14. The van der Waals surface area contributed by atoms with Crippen molar-refractivity contribution in [2.24, 2.45) is 0 Å². The van der Waals surface area contributed by atoms with Gasteiger partial charge < -0.3 is 5.11 Å². The van der Waals surface area contributed by atoms with Gasteiger partial charge in [-0.05, 0) is 11.5 Å². The topological polar surface area (TPSA) is 87.6 Å². The Hall–Kier alpha value is -1.50. The van der Waals surface area contributed by atoms with Crippen molar-refractivity contribution in [3.05, 3.63) is 16.7 Å². The molecule has 2 rings (SSSR count). The molecule has 0 unspecified atom stereocenters. The number of H-pyrrole nitrogens is 1. The predicted molar refractivity (Wildman–Crippen MR) is 73.4 cm³/mol. The van der Waals surface area contributed by atoms with Gasteiger partial charge in [-0.3, -0.25) is 4.98 Å². The van der Waals surface area contributed by atoms with Crippen LogP contribution >= 0.6 is 11.5 Å². The lowest BCUT2D eigenvalue weighted by molar-refractivity contribution is 0.428. The van der Waals surface area contributed by atoms with Crippen LogP contribution in [0.5, 0.6) is 6.01 Å². The molecule has 2 N–H and O–H groups in total. The fourth-order valence-corrected chi connectivity index (χ4v) is 2.38. The number of aromatic nitrogens is 5. The Morgan fingerprint density at radius 2 is 1.84 bits per heavy atom. The highest BCUT2D eigenvalue weighted by Crippen LogP contribution is 2.28. The molecule has 7 heteroatoms. The highest BCUT2D eigenvalue weighted by atomic mass is 32.1. The first-order chi connectivity index (χ1) is 8.68. The van der Waals surface area contributed by atoms with Gasteiger partial charge in [-0.1, -0.05) is 39.7 Å². The van der Waals surface area contributed by atoms with Crippen LogP contribution in [0.15, 0.2) is 0 Å². The van der Waals surface area contributed by atoms with Crippen LogP contribution in [-0.4, -0.2) is 29.6 Å². The van der Waals surface area contributed by atoms with Gasteiger partial charge in [-0.2, -0.15) is 4.37 Å². The molecule has 0 saturated heterocycles. The standard InChI is InChI=1S/C12H19N5OS/c1-11(2,3)9-13-7(17-19-9)6-12(4,5)8-14-10(18)16-15-8/h6H2,1-5H3,(H2,14,15,16,18). The third-order valence-electron chi connectivity index (χ3n) is 2.83. The van der Waals surface area contributed by atoms with E-state index in [2.05, 4.69) is 45.3 Å². The first-order valence-corrected chi connectivity index (χ1v) is 6.91. The van der Waals surface area contributed by atoms with Crippen LogP contribution in [0, 0.1) is 0 Å². The normalized spacial score (nSPS) is 12.9. The monoisotopic (exact) mass is 281 g/mol. The van der Waals surface area contributed by atoms with Crippen molar-refractivity contribution in [1.29, 1.82) is 0 Å². The number of nitrogens with one attached hydrogen (secondary N) is 1. The molecule has 0 amide bonds. The van der Waals surface area contributed by atoms with Gasteiger partial charge in [0.2, 0.25) is 0 Å². The summed E-state index contributed by atoms with van der Waals surface area (Å²) < 4.78 is 4.41. The molecule has 0 spiro atoms. The molecule has 0 aliphatic carbocycles. The van der Waals surface area contributed by atoms with E-state index in [4.69, 9.17) is 0 Å². The van der Waals surface area contributed by atoms with E-state index in [-0.39, 0.29) is 16.8 Å². The molecule has 104 valence electrons. The maximum absolute atomic E-state index is 9.23. The van der Waals surface area contributed by atoms with Gasteiger partial charge in [0, 0.05) is 17.3 Å². The van der Waals surface area contributed by atoms with Crippen LogP contribution < -0.4 is 0 Å². The SMILES string of the molecule is CC(C)(C)c1nc(CC(C)(C)c2nnc(O)[nH]2)ns1. The summed E-state index contributed by atoms with van der Waals surface area (Å²) in [5, 5.41) is 17.8. The number of aromatic amines is 1. The summed E-state index contributed by atoms with van der Waals surface area (Å²) in [5.74, 6) is 1.44. The van der Waals surface area contributed by atoms with Crippen molar-refractivity contribution in [3.63, 3.8) is 0 Å².